The Morgan fingerprint density at radius 3 is 2.67 bits per heavy atom. The van der Waals surface area contributed by atoms with E-state index in [1.54, 1.807) is 12.4 Å². The van der Waals surface area contributed by atoms with Gasteiger partial charge < -0.3 is 19.7 Å². The number of anilines is 2. The highest BCUT2D eigenvalue weighted by molar-refractivity contribution is 7.98. The monoisotopic (exact) mass is 470 g/mol. The highest BCUT2D eigenvalue weighted by Gasteiger charge is 2.25. The van der Waals surface area contributed by atoms with E-state index < -0.39 is 5.82 Å². The summed E-state index contributed by atoms with van der Waals surface area (Å²) in [6.45, 7) is 3.13. The molecule has 3 aromatic rings. The van der Waals surface area contributed by atoms with E-state index in [2.05, 4.69) is 42.3 Å². The highest BCUT2D eigenvalue weighted by Crippen LogP contribution is 2.33. The van der Waals surface area contributed by atoms with Gasteiger partial charge in [-0.2, -0.15) is 0 Å². The summed E-state index contributed by atoms with van der Waals surface area (Å²) in [6, 6.07) is 4.30. The lowest BCUT2D eigenvalue weighted by Gasteiger charge is -2.31. The van der Waals surface area contributed by atoms with Crippen molar-refractivity contribution in [1.29, 1.82) is 0 Å². The third-order valence-corrected chi connectivity index (χ3v) is 6.67. The van der Waals surface area contributed by atoms with Gasteiger partial charge in [0.25, 0.3) is 0 Å². The summed E-state index contributed by atoms with van der Waals surface area (Å²) in [5.41, 5.74) is 2.69. The Kier molecular flexibility index (Phi) is 6.73. The van der Waals surface area contributed by atoms with Gasteiger partial charge in [-0.25, -0.2) is 19.3 Å². The molecule has 1 saturated heterocycles. The Bertz CT molecular complexity index is 1110. The van der Waals surface area contributed by atoms with E-state index in [9.17, 15) is 4.39 Å². The fourth-order valence-corrected chi connectivity index (χ4v) is 4.71. The van der Waals surface area contributed by atoms with E-state index in [0.717, 1.165) is 74.5 Å². The molecule has 2 aromatic heterocycles. The van der Waals surface area contributed by atoms with Crippen LogP contribution in [-0.4, -0.2) is 64.6 Å². The number of aromatic nitrogens is 4. The second-order valence-electron chi connectivity index (χ2n) is 8.26. The largest absolute Gasteiger partial charge is 0.488 e. The van der Waals surface area contributed by atoms with Gasteiger partial charge in [-0.1, -0.05) is 11.8 Å². The SMILES string of the molecule is CSc1ncc(F)c(N[C@H]2CC[C@@H](Oc3cc(N4CCOCC4)cc4nccnc34)CC2)n1. The summed E-state index contributed by atoms with van der Waals surface area (Å²) in [4.78, 5) is 19.6. The molecule has 10 heteroatoms. The first kappa shape index (κ1) is 22.1. The molecular formula is C23H27FN6O2S. The molecule has 1 aliphatic heterocycles. The molecule has 2 fully saturated rings. The molecule has 3 heterocycles. The average molecular weight is 471 g/mol. The first-order valence-corrected chi connectivity index (χ1v) is 12.5. The standard InChI is InChI=1S/C23H27FN6O2S/c1-33-23-27-14-18(24)22(29-23)28-15-2-4-17(5-3-15)32-20-13-16(30-8-10-31-11-9-30)12-19-21(20)26-7-6-25-19/h6-7,12-15,17H,2-5,8-11H2,1H3,(H,27,28,29)/t15-,17+. The molecule has 2 aliphatic rings. The third-order valence-electron chi connectivity index (χ3n) is 6.11. The van der Waals surface area contributed by atoms with Gasteiger partial charge in [-0.3, -0.25) is 4.98 Å². The van der Waals surface area contributed by atoms with Gasteiger partial charge in [0.2, 0.25) is 0 Å². The van der Waals surface area contributed by atoms with E-state index in [1.165, 1.54) is 18.0 Å². The van der Waals surface area contributed by atoms with Crippen LogP contribution in [0.4, 0.5) is 15.9 Å². The van der Waals surface area contributed by atoms with Crippen molar-refractivity contribution < 1.29 is 13.9 Å². The Morgan fingerprint density at radius 2 is 1.88 bits per heavy atom. The first-order valence-electron chi connectivity index (χ1n) is 11.3. The van der Waals surface area contributed by atoms with E-state index >= 15 is 0 Å². The van der Waals surface area contributed by atoms with Crippen LogP contribution in [0.3, 0.4) is 0 Å². The predicted molar refractivity (Wildman–Crippen MR) is 127 cm³/mol. The molecule has 8 nitrogen and oxygen atoms in total. The summed E-state index contributed by atoms with van der Waals surface area (Å²) >= 11 is 1.40. The van der Waals surface area contributed by atoms with Crippen LogP contribution in [0.1, 0.15) is 25.7 Å². The zero-order chi connectivity index (χ0) is 22.6. The van der Waals surface area contributed by atoms with Gasteiger partial charge in [0, 0.05) is 43.3 Å². The lowest BCUT2D eigenvalue weighted by molar-refractivity contribution is 0.122. The lowest BCUT2D eigenvalue weighted by Crippen LogP contribution is -2.36. The van der Waals surface area contributed by atoms with Gasteiger partial charge in [-0.05, 0) is 38.0 Å². The molecule has 0 spiro atoms. The number of nitrogens with one attached hydrogen (secondary N) is 1. The maximum Gasteiger partial charge on any atom is 0.189 e. The quantitative estimate of drug-likeness (QED) is 0.425. The van der Waals surface area contributed by atoms with Crippen molar-refractivity contribution in [2.45, 2.75) is 43.0 Å². The van der Waals surface area contributed by atoms with Crippen molar-refractivity contribution in [2.75, 3.05) is 42.8 Å². The van der Waals surface area contributed by atoms with Crippen molar-refractivity contribution in [3.63, 3.8) is 0 Å². The summed E-state index contributed by atoms with van der Waals surface area (Å²) in [6.07, 6.45) is 10.1. The van der Waals surface area contributed by atoms with Crippen molar-refractivity contribution in [3.05, 3.63) is 36.5 Å². The first-order chi connectivity index (χ1) is 16.2. The Balaban J connectivity index is 1.27. The topological polar surface area (TPSA) is 85.3 Å². The van der Waals surface area contributed by atoms with Crippen molar-refractivity contribution in [2.24, 2.45) is 0 Å². The second kappa shape index (κ2) is 10.0. The van der Waals surface area contributed by atoms with Gasteiger partial charge in [0.05, 0.1) is 31.0 Å². The minimum Gasteiger partial charge on any atom is -0.488 e. The molecule has 0 atom stereocenters. The molecule has 0 amide bonds. The fourth-order valence-electron chi connectivity index (χ4n) is 4.37. The molecule has 174 valence electrons. The van der Waals surface area contributed by atoms with Crippen LogP contribution in [-0.2, 0) is 4.74 Å². The van der Waals surface area contributed by atoms with Crippen LogP contribution in [0.15, 0.2) is 35.9 Å². The molecule has 1 N–H and O–H groups in total. The number of rotatable bonds is 6. The van der Waals surface area contributed by atoms with Crippen LogP contribution in [0.5, 0.6) is 5.75 Å². The van der Waals surface area contributed by atoms with E-state index in [-0.39, 0.29) is 18.0 Å². The van der Waals surface area contributed by atoms with Gasteiger partial charge >= 0.3 is 0 Å². The van der Waals surface area contributed by atoms with Gasteiger partial charge in [0.1, 0.15) is 11.3 Å². The van der Waals surface area contributed by atoms with Crippen LogP contribution < -0.4 is 15.0 Å². The van der Waals surface area contributed by atoms with Crippen LogP contribution in [0.25, 0.3) is 11.0 Å². The summed E-state index contributed by atoms with van der Waals surface area (Å²) < 4.78 is 26.1. The molecule has 33 heavy (non-hydrogen) atoms. The molecule has 5 rings (SSSR count). The molecule has 0 bridgehead atoms. The van der Waals surface area contributed by atoms with E-state index in [1.807, 2.05) is 6.26 Å². The molecule has 1 aromatic carbocycles. The number of benzene rings is 1. The number of hydrogen-bond acceptors (Lipinski definition) is 9. The number of ether oxygens (including phenoxy) is 2. The van der Waals surface area contributed by atoms with Crippen LogP contribution in [0, 0.1) is 5.82 Å². The predicted octanol–water partition coefficient (Wildman–Crippen LogP) is 3.92. The molecule has 0 radical (unpaired) electrons. The van der Waals surface area contributed by atoms with Gasteiger partial charge in [-0.15, -0.1) is 0 Å². The normalized spacial score (nSPS) is 21.2. The van der Waals surface area contributed by atoms with Crippen molar-refractivity contribution in [1.82, 2.24) is 19.9 Å². The van der Waals surface area contributed by atoms with Gasteiger partial charge in [0.15, 0.2) is 16.8 Å². The molecule has 1 saturated carbocycles. The van der Waals surface area contributed by atoms with Crippen LogP contribution in [0.2, 0.25) is 0 Å². The number of morpholine rings is 1. The zero-order valence-corrected chi connectivity index (χ0v) is 19.4. The summed E-state index contributed by atoms with van der Waals surface area (Å²) in [5.74, 6) is 0.624. The Labute approximate surface area is 196 Å². The Morgan fingerprint density at radius 1 is 1.09 bits per heavy atom. The second-order valence-corrected chi connectivity index (χ2v) is 9.03. The van der Waals surface area contributed by atoms with Crippen molar-refractivity contribution >= 4 is 34.3 Å². The number of halogens is 1. The van der Waals surface area contributed by atoms with Crippen LogP contribution >= 0.6 is 11.8 Å². The minimum atomic E-state index is -0.420. The van der Waals surface area contributed by atoms with E-state index in [4.69, 9.17) is 9.47 Å². The highest BCUT2D eigenvalue weighted by atomic mass is 32.2. The number of hydrogen-bond donors (Lipinski definition) is 1. The molecule has 0 unspecified atom stereocenters. The number of thioether (sulfide) groups is 1. The fraction of sp³-hybridized carbons (Fsp3) is 0.478. The smallest absolute Gasteiger partial charge is 0.189 e. The summed E-state index contributed by atoms with van der Waals surface area (Å²) in [7, 11) is 0. The summed E-state index contributed by atoms with van der Waals surface area (Å²) in [5, 5.41) is 3.81. The van der Waals surface area contributed by atoms with E-state index in [0.29, 0.717) is 5.16 Å². The Hall–Kier alpha value is -2.72. The lowest BCUT2D eigenvalue weighted by atomic mass is 9.93. The maximum absolute atomic E-state index is 14.1. The molecular weight excluding hydrogens is 443 g/mol. The van der Waals surface area contributed by atoms with Crippen molar-refractivity contribution in [3.8, 4) is 5.75 Å². The third kappa shape index (κ3) is 5.11. The zero-order valence-electron chi connectivity index (χ0n) is 18.5. The number of nitrogens with zero attached hydrogens (tertiary/aromatic N) is 5. The molecule has 1 aliphatic carbocycles. The number of fused-ring (bicyclic) bond motifs is 1. The minimum absolute atomic E-state index is 0.0743. The average Bonchev–Trinajstić information content (AvgIpc) is 2.87. The maximum atomic E-state index is 14.1.